The van der Waals surface area contributed by atoms with Gasteiger partial charge in [-0.3, -0.25) is 4.79 Å². The molecule has 0 aromatic carbocycles. The van der Waals surface area contributed by atoms with Crippen LogP contribution in [0.15, 0.2) is 6.33 Å². The molecular weight excluding hydrogens is 240 g/mol. The second-order valence-corrected chi connectivity index (χ2v) is 6.21. The molecule has 5 heteroatoms. The maximum atomic E-state index is 12.1. The third kappa shape index (κ3) is 3.86. The zero-order chi connectivity index (χ0) is 13.9. The average Bonchev–Trinajstić information content (AvgIpc) is 2.88. The summed E-state index contributed by atoms with van der Waals surface area (Å²) >= 11 is 0. The minimum absolute atomic E-state index is 0.183. The molecule has 0 atom stereocenters. The first-order valence-electron chi connectivity index (χ1n) is 7.16. The van der Waals surface area contributed by atoms with E-state index in [0.29, 0.717) is 18.8 Å². The number of hydrogen-bond acceptors (Lipinski definition) is 4. The highest BCUT2D eigenvalue weighted by Gasteiger charge is 2.31. The lowest BCUT2D eigenvalue weighted by Gasteiger charge is -2.22. The minimum atomic E-state index is -0.264. The predicted octanol–water partition coefficient (Wildman–Crippen LogP) is 1.71. The molecule has 1 heterocycles. The molecule has 1 aliphatic carbocycles. The van der Waals surface area contributed by atoms with Crippen LogP contribution in [-0.2, 0) is 17.8 Å². The molecule has 2 N–H and O–H groups in total. The quantitative estimate of drug-likeness (QED) is 0.848. The van der Waals surface area contributed by atoms with Gasteiger partial charge in [0, 0.05) is 18.5 Å². The summed E-state index contributed by atoms with van der Waals surface area (Å²) in [5.74, 6) is 1.44. The number of Topliss-reactive ketones (excluding diaryl/α,β-unsaturated/α-hetero) is 1. The van der Waals surface area contributed by atoms with Crippen LogP contribution in [0.3, 0.4) is 0 Å². The molecule has 19 heavy (non-hydrogen) atoms. The number of rotatable bonds is 6. The second-order valence-electron chi connectivity index (χ2n) is 6.21. The number of hydrogen-bond donors (Lipinski definition) is 1. The molecular formula is C14H24N4O. The fourth-order valence-electron chi connectivity index (χ4n) is 2.81. The largest absolute Gasteiger partial charge is 0.325 e. The maximum Gasteiger partial charge on any atom is 0.142 e. The number of ketones is 1. The Balaban J connectivity index is 1.93. The van der Waals surface area contributed by atoms with E-state index in [-0.39, 0.29) is 11.3 Å². The van der Waals surface area contributed by atoms with Gasteiger partial charge in [0.15, 0.2) is 0 Å². The van der Waals surface area contributed by atoms with E-state index in [1.165, 1.54) is 6.33 Å². The van der Waals surface area contributed by atoms with Crippen LogP contribution in [-0.4, -0.2) is 26.1 Å². The average molecular weight is 264 g/mol. The lowest BCUT2D eigenvalue weighted by atomic mass is 9.91. The zero-order valence-corrected chi connectivity index (χ0v) is 11.9. The molecule has 1 aromatic rings. The molecule has 106 valence electrons. The highest BCUT2D eigenvalue weighted by Crippen LogP contribution is 2.30. The van der Waals surface area contributed by atoms with E-state index in [2.05, 4.69) is 23.9 Å². The van der Waals surface area contributed by atoms with Crippen molar-refractivity contribution in [2.45, 2.75) is 64.5 Å². The lowest BCUT2D eigenvalue weighted by Crippen LogP contribution is -2.39. The Hall–Kier alpha value is -1.23. The molecule has 1 fully saturated rings. The van der Waals surface area contributed by atoms with Crippen molar-refractivity contribution in [1.29, 1.82) is 0 Å². The van der Waals surface area contributed by atoms with Gasteiger partial charge in [-0.1, -0.05) is 26.7 Å². The molecule has 0 radical (unpaired) electrons. The van der Waals surface area contributed by atoms with Crippen LogP contribution in [0, 0.1) is 5.92 Å². The van der Waals surface area contributed by atoms with Crippen LogP contribution in [0.1, 0.15) is 51.8 Å². The van der Waals surface area contributed by atoms with E-state index < -0.39 is 0 Å². The van der Waals surface area contributed by atoms with Gasteiger partial charge in [0.2, 0.25) is 0 Å². The first-order valence-corrected chi connectivity index (χ1v) is 7.16. The Kier molecular flexibility index (Phi) is 4.34. The molecule has 0 aliphatic heterocycles. The summed E-state index contributed by atoms with van der Waals surface area (Å²) < 4.78 is 1.83. The molecule has 2 rings (SSSR count). The van der Waals surface area contributed by atoms with E-state index in [1.807, 2.05) is 4.68 Å². The standard InChI is InChI=1S/C14H24N4O/c1-11(2)9-18-13(16-10-17-18)7-12(19)8-14(15)5-3-4-6-14/h10-11H,3-9,15H2,1-2H3. The summed E-state index contributed by atoms with van der Waals surface area (Å²) in [6.45, 7) is 5.05. The fraction of sp³-hybridized carbons (Fsp3) is 0.786. The zero-order valence-electron chi connectivity index (χ0n) is 11.9. The third-order valence-corrected chi connectivity index (χ3v) is 3.74. The van der Waals surface area contributed by atoms with Crippen LogP contribution in [0.4, 0.5) is 0 Å². The van der Waals surface area contributed by atoms with Crippen molar-refractivity contribution in [1.82, 2.24) is 14.8 Å². The van der Waals surface area contributed by atoms with Crippen LogP contribution >= 0.6 is 0 Å². The van der Waals surface area contributed by atoms with Crippen LogP contribution in [0.25, 0.3) is 0 Å². The van der Waals surface area contributed by atoms with Crippen molar-refractivity contribution in [2.24, 2.45) is 11.7 Å². The Morgan fingerprint density at radius 3 is 2.79 bits per heavy atom. The molecule has 0 amide bonds. The van der Waals surface area contributed by atoms with E-state index in [1.54, 1.807) is 0 Å². The molecule has 1 aliphatic rings. The monoisotopic (exact) mass is 264 g/mol. The predicted molar refractivity (Wildman–Crippen MR) is 73.6 cm³/mol. The molecule has 0 unspecified atom stereocenters. The van der Waals surface area contributed by atoms with E-state index in [0.717, 1.165) is 38.1 Å². The van der Waals surface area contributed by atoms with Gasteiger partial charge in [-0.15, -0.1) is 0 Å². The van der Waals surface area contributed by atoms with Gasteiger partial charge in [0.1, 0.15) is 17.9 Å². The van der Waals surface area contributed by atoms with Crippen LogP contribution in [0.2, 0.25) is 0 Å². The molecule has 5 nitrogen and oxygen atoms in total. The highest BCUT2D eigenvalue weighted by atomic mass is 16.1. The maximum absolute atomic E-state index is 12.1. The summed E-state index contributed by atoms with van der Waals surface area (Å²) in [6.07, 6.45) is 6.58. The fourth-order valence-corrected chi connectivity index (χ4v) is 2.81. The number of nitrogens with zero attached hydrogens (tertiary/aromatic N) is 3. The first kappa shape index (κ1) is 14.2. The molecule has 0 bridgehead atoms. The highest BCUT2D eigenvalue weighted by molar-refractivity contribution is 5.81. The summed E-state index contributed by atoms with van der Waals surface area (Å²) in [7, 11) is 0. The third-order valence-electron chi connectivity index (χ3n) is 3.74. The molecule has 1 saturated carbocycles. The summed E-state index contributed by atoms with van der Waals surface area (Å²) in [5.41, 5.74) is 5.98. The van der Waals surface area contributed by atoms with Crippen LogP contribution in [0.5, 0.6) is 0 Å². The Morgan fingerprint density at radius 1 is 1.47 bits per heavy atom. The summed E-state index contributed by atoms with van der Waals surface area (Å²) in [5, 5.41) is 4.18. The Morgan fingerprint density at radius 2 is 2.16 bits per heavy atom. The topological polar surface area (TPSA) is 73.8 Å². The summed E-state index contributed by atoms with van der Waals surface area (Å²) in [4.78, 5) is 16.3. The van der Waals surface area contributed by atoms with Gasteiger partial charge in [-0.05, 0) is 18.8 Å². The molecule has 0 saturated heterocycles. The van der Waals surface area contributed by atoms with Crippen molar-refractivity contribution in [3.63, 3.8) is 0 Å². The van der Waals surface area contributed by atoms with Crippen molar-refractivity contribution >= 4 is 5.78 Å². The van der Waals surface area contributed by atoms with Crippen LogP contribution < -0.4 is 5.73 Å². The van der Waals surface area contributed by atoms with E-state index >= 15 is 0 Å². The van der Waals surface area contributed by atoms with Gasteiger partial charge < -0.3 is 5.73 Å². The van der Waals surface area contributed by atoms with Gasteiger partial charge >= 0.3 is 0 Å². The molecule has 0 spiro atoms. The smallest absolute Gasteiger partial charge is 0.142 e. The number of carbonyl (C=O) groups excluding carboxylic acids is 1. The van der Waals surface area contributed by atoms with Gasteiger partial charge in [0.25, 0.3) is 0 Å². The van der Waals surface area contributed by atoms with Gasteiger partial charge in [-0.2, -0.15) is 5.10 Å². The Labute approximate surface area is 114 Å². The first-order chi connectivity index (χ1) is 8.98. The van der Waals surface area contributed by atoms with Gasteiger partial charge in [0.05, 0.1) is 6.42 Å². The molecule has 1 aromatic heterocycles. The van der Waals surface area contributed by atoms with E-state index in [4.69, 9.17) is 5.73 Å². The normalized spacial score (nSPS) is 18.1. The number of nitrogens with two attached hydrogens (primary N) is 1. The lowest BCUT2D eigenvalue weighted by molar-refractivity contribution is -0.119. The van der Waals surface area contributed by atoms with Crippen molar-refractivity contribution in [2.75, 3.05) is 0 Å². The van der Waals surface area contributed by atoms with Crippen molar-refractivity contribution in [3.8, 4) is 0 Å². The number of carbonyl (C=O) groups is 1. The second kappa shape index (κ2) is 5.82. The van der Waals surface area contributed by atoms with Crippen molar-refractivity contribution in [3.05, 3.63) is 12.2 Å². The summed E-state index contributed by atoms with van der Waals surface area (Å²) in [6, 6.07) is 0. The Bertz CT molecular complexity index is 432. The van der Waals surface area contributed by atoms with Crippen molar-refractivity contribution < 1.29 is 4.79 Å². The van der Waals surface area contributed by atoms with Gasteiger partial charge in [-0.25, -0.2) is 9.67 Å². The number of aromatic nitrogens is 3. The SMILES string of the molecule is CC(C)Cn1ncnc1CC(=O)CC1(N)CCCC1. The van der Waals surface area contributed by atoms with E-state index in [9.17, 15) is 4.79 Å². The minimum Gasteiger partial charge on any atom is -0.325 e.